The summed E-state index contributed by atoms with van der Waals surface area (Å²) in [5.41, 5.74) is 2.22. The molecule has 37 heavy (non-hydrogen) atoms. The van der Waals surface area contributed by atoms with Crippen LogP contribution in [0.25, 0.3) is 6.08 Å². The van der Waals surface area contributed by atoms with E-state index >= 15 is 0 Å². The SMILES string of the molecule is COc1ccc(NC(=O)CN2C(=O)S/C(=C\c3ccc(OCc4ccc(I)cc4)c(OC)c3)C2=O)cc1. The highest BCUT2D eigenvalue weighted by Crippen LogP contribution is 2.35. The maximum Gasteiger partial charge on any atom is 0.294 e. The molecular formula is C27H23IN2O6S. The fraction of sp³-hybridized carbons (Fsp3) is 0.148. The predicted octanol–water partition coefficient (Wildman–Crippen LogP) is 5.56. The fourth-order valence-electron chi connectivity index (χ4n) is 3.44. The van der Waals surface area contributed by atoms with Gasteiger partial charge in [-0.15, -0.1) is 0 Å². The van der Waals surface area contributed by atoms with Crippen LogP contribution in [0.5, 0.6) is 17.2 Å². The molecule has 3 aromatic carbocycles. The van der Waals surface area contributed by atoms with Crippen LogP contribution in [0.2, 0.25) is 0 Å². The van der Waals surface area contributed by atoms with Crippen molar-refractivity contribution in [1.82, 2.24) is 4.90 Å². The molecule has 8 nitrogen and oxygen atoms in total. The summed E-state index contributed by atoms with van der Waals surface area (Å²) < 4.78 is 17.6. The number of halogens is 1. The van der Waals surface area contributed by atoms with Gasteiger partial charge < -0.3 is 19.5 Å². The molecular weight excluding hydrogens is 607 g/mol. The molecule has 4 rings (SSSR count). The Balaban J connectivity index is 1.40. The molecule has 1 fully saturated rings. The molecule has 0 atom stereocenters. The Morgan fingerprint density at radius 1 is 0.973 bits per heavy atom. The lowest BCUT2D eigenvalue weighted by atomic mass is 10.1. The van der Waals surface area contributed by atoms with Crippen LogP contribution >= 0.6 is 34.4 Å². The maximum atomic E-state index is 12.9. The van der Waals surface area contributed by atoms with Gasteiger partial charge >= 0.3 is 0 Å². The van der Waals surface area contributed by atoms with Gasteiger partial charge in [0.15, 0.2) is 11.5 Å². The number of rotatable bonds is 9. The zero-order valence-corrected chi connectivity index (χ0v) is 23.0. The van der Waals surface area contributed by atoms with E-state index in [4.69, 9.17) is 14.2 Å². The lowest BCUT2D eigenvalue weighted by Gasteiger charge is -2.13. The van der Waals surface area contributed by atoms with Gasteiger partial charge in [0.2, 0.25) is 5.91 Å². The van der Waals surface area contributed by atoms with Crippen LogP contribution in [0.4, 0.5) is 10.5 Å². The third kappa shape index (κ3) is 6.83. The minimum Gasteiger partial charge on any atom is -0.497 e. The molecule has 0 saturated carbocycles. The Bertz CT molecular complexity index is 1340. The number of nitrogens with one attached hydrogen (secondary N) is 1. The number of hydrogen-bond donors (Lipinski definition) is 1. The minimum absolute atomic E-state index is 0.219. The van der Waals surface area contributed by atoms with Crippen molar-refractivity contribution in [1.29, 1.82) is 0 Å². The summed E-state index contributed by atoms with van der Waals surface area (Å²) in [6.45, 7) is -0.00716. The van der Waals surface area contributed by atoms with Gasteiger partial charge in [-0.2, -0.15) is 0 Å². The highest BCUT2D eigenvalue weighted by atomic mass is 127. The fourth-order valence-corrected chi connectivity index (χ4v) is 4.64. The Hall–Kier alpha value is -3.51. The van der Waals surface area contributed by atoms with Crippen molar-refractivity contribution < 1.29 is 28.6 Å². The summed E-state index contributed by atoms with van der Waals surface area (Å²) >= 11 is 3.03. The van der Waals surface area contributed by atoms with Crippen LogP contribution < -0.4 is 19.5 Å². The van der Waals surface area contributed by atoms with E-state index in [9.17, 15) is 14.4 Å². The number of methoxy groups -OCH3 is 2. The first-order valence-electron chi connectivity index (χ1n) is 11.1. The Morgan fingerprint density at radius 2 is 1.70 bits per heavy atom. The molecule has 1 aliphatic rings. The Kier molecular flexibility index (Phi) is 8.72. The van der Waals surface area contributed by atoms with Crippen LogP contribution in [0.15, 0.2) is 71.6 Å². The molecule has 10 heteroatoms. The lowest BCUT2D eigenvalue weighted by Crippen LogP contribution is -2.36. The summed E-state index contributed by atoms with van der Waals surface area (Å²) in [6.07, 6.45) is 1.59. The van der Waals surface area contributed by atoms with Crippen LogP contribution in [0.3, 0.4) is 0 Å². The summed E-state index contributed by atoms with van der Waals surface area (Å²) in [4.78, 5) is 38.9. The topological polar surface area (TPSA) is 94.2 Å². The number of hydrogen-bond acceptors (Lipinski definition) is 7. The highest BCUT2D eigenvalue weighted by molar-refractivity contribution is 14.1. The predicted molar refractivity (Wildman–Crippen MR) is 151 cm³/mol. The molecule has 0 aliphatic carbocycles. The van der Waals surface area contributed by atoms with Gasteiger partial charge in [0, 0.05) is 9.26 Å². The standard InChI is InChI=1S/C27H23IN2O6S/c1-34-21-10-8-20(9-11-21)29-25(31)15-30-26(32)24(37-27(30)33)14-18-5-12-22(23(13-18)35-2)36-16-17-3-6-19(28)7-4-17/h3-14H,15-16H2,1-2H3,(H,29,31)/b24-14-. The molecule has 0 unspecified atom stereocenters. The molecule has 0 aromatic heterocycles. The van der Waals surface area contributed by atoms with Gasteiger partial charge in [0.1, 0.15) is 18.9 Å². The molecule has 190 valence electrons. The second-order valence-corrected chi connectivity index (χ2v) is 10.1. The second-order valence-electron chi connectivity index (χ2n) is 7.87. The average Bonchev–Trinajstić information content (AvgIpc) is 3.16. The first kappa shape index (κ1) is 26.6. The average molecular weight is 630 g/mol. The van der Waals surface area contributed by atoms with Gasteiger partial charge in [-0.05, 0) is 100 Å². The first-order valence-corrected chi connectivity index (χ1v) is 13.0. The first-order chi connectivity index (χ1) is 17.9. The number of imide groups is 1. The molecule has 3 aromatic rings. The van der Waals surface area contributed by atoms with Crippen molar-refractivity contribution in [3.63, 3.8) is 0 Å². The van der Waals surface area contributed by atoms with Gasteiger partial charge in [0.25, 0.3) is 11.1 Å². The maximum absolute atomic E-state index is 12.9. The largest absolute Gasteiger partial charge is 0.497 e. The van der Waals surface area contributed by atoms with E-state index in [0.29, 0.717) is 35.1 Å². The van der Waals surface area contributed by atoms with E-state index in [1.54, 1.807) is 55.7 Å². The molecule has 1 N–H and O–H groups in total. The van der Waals surface area contributed by atoms with Crippen molar-refractivity contribution in [2.75, 3.05) is 26.1 Å². The highest BCUT2D eigenvalue weighted by Gasteiger charge is 2.36. The van der Waals surface area contributed by atoms with Crippen molar-refractivity contribution >= 4 is 63.2 Å². The lowest BCUT2D eigenvalue weighted by molar-refractivity contribution is -0.127. The summed E-state index contributed by atoms with van der Waals surface area (Å²) in [6, 6.07) is 20.0. The zero-order valence-electron chi connectivity index (χ0n) is 20.0. The zero-order chi connectivity index (χ0) is 26.4. The molecule has 0 radical (unpaired) electrons. The van der Waals surface area contributed by atoms with Crippen molar-refractivity contribution in [2.24, 2.45) is 0 Å². The number of amides is 3. The van der Waals surface area contributed by atoms with Crippen LogP contribution in [-0.4, -0.2) is 42.7 Å². The van der Waals surface area contributed by atoms with Gasteiger partial charge in [-0.3, -0.25) is 19.3 Å². The third-order valence-corrected chi connectivity index (χ3v) is 6.97. The number of carbonyl (C=O) groups is 3. The van der Waals surface area contributed by atoms with Gasteiger partial charge in [-0.25, -0.2) is 0 Å². The van der Waals surface area contributed by atoms with Crippen molar-refractivity contribution in [3.05, 3.63) is 86.3 Å². The van der Waals surface area contributed by atoms with E-state index < -0.39 is 17.1 Å². The summed E-state index contributed by atoms with van der Waals surface area (Å²) in [7, 11) is 3.08. The van der Waals surface area contributed by atoms with E-state index in [2.05, 4.69) is 27.9 Å². The summed E-state index contributed by atoms with van der Waals surface area (Å²) in [5, 5.41) is 2.16. The normalized spacial score (nSPS) is 14.1. The van der Waals surface area contributed by atoms with Gasteiger partial charge in [-0.1, -0.05) is 18.2 Å². The number of thioether (sulfide) groups is 1. The number of nitrogens with zero attached hydrogens (tertiary/aromatic N) is 1. The third-order valence-electron chi connectivity index (χ3n) is 5.34. The molecule has 1 heterocycles. The van der Waals surface area contributed by atoms with Crippen LogP contribution in [0, 0.1) is 3.57 Å². The Morgan fingerprint density at radius 3 is 2.38 bits per heavy atom. The van der Waals surface area contributed by atoms with E-state index in [0.717, 1.165) is 25.8 Å². The number of anilines is 1. The van der Waals surface area contributed by atoms with Gasteiger partial charge in [0.05, 0.1) is 19.1 Å². The molecule has 1 saturated heterocycles. The van der Waals surface area contributed by atoms with E-state index in [-0.39, 0.29) is 11.4 Å². The monoisotopic (exact) mass is 630 g/mol. The van der Waals surface area contributed by atoms with Crippen molar-refractivity contribution in [3.8, 4) is 17.2 Å². The molecule has 1 aliphatic heterocycles. The number of benzene rings is 3. The second kappa shape index (κ2) is 12.2. The molecule has 0 bridgehead atoms. The minimum atomic E-state index is -0.530. The van der Waals surface area contributed by atoms with E-state index in [1.807, 2.05) is 24.3 Å². The molecule has 0 spiro atoms. The number of carbonyl (C=O) groups excluding carboxylic acids is 3. The summed E-state index contributed by atoms with van der Waals surface area (Å²) in [5.74, 6) is 0.693. The smallest absolute Gasteiger partial charge is 0.294 e. The quantitative estimate of drug-likeness (QED) is 0.245. The van der Waals surface area contributed by atoms with E-state index in [1.165, 1.54) is 7.11 Å². The van der Waals surface area contributed by atoms with Crippen LogP contribution in [-0.2, 0) is 16.2 Å². The van der Waals surface area contributed by atoms with Crippen LogP contribution in [0.1, 0.15) is 11.1 Å². The Labute approximate surface area is 232 Å². The molecule has 3 amide bonds. The van der Waals surface area contributed by atoms with Crippen molar-refractivity contribution in [2.45, 2.75) is 6.61 Å². The number of ether oxygens (including phenoxy) is 3.